The summed E-state index contributed by atoms with van der Waals surface area (Å²) in [5.41, 5.74) is 1.20. The van der Waals surface area contributed by atoms with Crippen LogP contribution in [0.15, 0.2) is 24.3 Å². The summed E-state index contributed by atoms with van der Waals surface area (Å²) in [6.07, 6.45) is 4.58. The van der Waals surface area contributed by atoms with E-state index in [4.69, 9.17) is 4.74 Å². The van der Waals surface area contributed by atoms with Gasteiger partial charge in [-0.1, -0.05) is 12.1 Å². The SMILES string of the molecule is COc1ccc(CCNC(=O)NCC2CCN(C3CCSC3)CC2)cc1. The summed E-state index contributed by atoms with van der Waals surface area (Å²) in [4.78, 5) is 14.7. The smallest absolute Gasteiger partial charge is 0.314 e. The number of amides is 2. The number of hydrogen-bond donors (Lipinski definition) is 2. The molecule has 6 heteroatoms. The number of piperidine rings is 1. The molecule has 1 aromatic carbocycles. The number of carbonyl (C=O) groups excluding carboxylic acids is 1. The van der Waals surface area contributed by atoms with Crippen LogP contribution in [0.1, 0.15) is 24.8 Å². The standard InChI is InChI=1S/C20H31N3O2S/c1-25-19-4-2-16(3-5-19)6-10-21-20(24)22-14-17-7-11-23(12-8-17)18-9-13-26-15-18/h2-5,17-18H,6-15H2,1H3,(H2,21,22,24). The number of carbonyl (C=O) groups is 1. The first-order valence-corrected chi connectivity index (χ1v) is 10.9. The van der Waals surface area contributed by atoms with E-state index in [0.29, 0.717) is 12.5 Å². The van der Waals surface area contributed by atoms with Gasteiger partial charge in [0.1, 0.15) is 5.75 Å². The van der Waals surface area contributed by atoms with Gasteiger partial charge in [0.05, 0.1) is 7.11 Å². The molecular formula is C20H31N3O2S. The zero-order chi connectivity index (χ0) is 18.2. The minimum Gasteiger partial charge on any atom is -0.497 e. The van der Waals surface area contributed by atoms with Gasteiger partial charge in [-0.2, -0.15) is 11.8 Å². The first-order valence-electron chi connectivity index (χ1n) is 9.71. The molecule has 0 radical (unpaired) electrons. The molecule has 26 heavy (non-hydrogen) atoms. The molecule has 1 aromatic rings. The van der Waals surface area contributed by atoms with Gasteiger partial charge in [-0.25, -0.2) is 4.79 Å². The number of ether oxygens (including phenoxy) is 1. The molecule has 2 fully saturated rings. The molecule has 2 heterocycles. The molecule has 5 nitrogen and oxygen atoms in total. The van der Waals surface area contributed by atoms with Crippen LogP contribution in [0, 0.1) is 5.92 Å². The zero-order valence-electron chi connectivity index (χ0n) is 15.7. The van der Waals surface area contributed by atoms with Crippen LogP contribution in [-0.4, -0.2) is 61.8 Å². The summed E-state index contributed by atoms with van der Waals surface area (Å²) in [6.45, 7) is 3.82. The maximum absolute atomic E-state index is 12.0. The number of hydrogen-bond acceptors (Lipinski definition) is 4. The molecule has 0 bridgehead atoms. The molecule has 2 aliphatic heterocycles. The van der Waals surface area contributed by atoms with E-state index < -0.39 is 0 Å². The van der Waals surface area contributed by atoms with E-state index in [9.17, 15) is 4.79 Å². The number of nitrogens with zero attached hydrogens (tertiary/aromatic N) is 1. The number of thioether (sulfide) groups is 1. The van der Waals surface area contributed by atoms with Crippen molar-refractivity contribution in [3.8, 4) is 5.75 Å². The van der Waals surface area contributed by atoms with Gasteiger partial charge in [0, 0.05) is 24.9 Å². The average molecular weight is 378 g/mol. The fourth-order valence-electron chi connectivity index (χ4n) is 3.74. The van der Waals surface area contributed by atoms with Crippen molar-refractivity contribution in [2.75, 3.05) is 44.8 Å². The van der Waals surface area contributed by atoms with Gasteiger partial charge in [0.15, 0.2) is 0 Å². The van der Waals surface area contributed by atoms with Crippen molar-refractivity contribution >= 4 is 17.8 Å². The molecule has 1 atom stereocenters. The van der Waals surface area contributed by atoms with Gasteiger partial charge in [-0.05, 0) is 68.1 Å². The Morgan fingerprint density at radius 2 is 1.96 bits per heavy atom. The summed E-state index contributed by atoms with van der Waals surface area (Å²) < 4.78 is 5.15. The summed E-state index contributed by atoms with van der Waals surface area (Å²) in [5, 5.41) is 6.01. The molecule has 2 saturated heterocycles. The van der Waals surface area contributed by atoms with Crippen molar-refractivity contribution in [3.63, 3.8) is 0 Å². The third-order valence-corrected chi connectivity index (χ3v) is 6.63. The van der Waals surface area contributed by atoms with Gasteiger partial charge in [-0.15, -0.1) is 0 Å². The fourth-order valence-corrected chi connectivity index (χ4v) is 5.00. The molecule has 0 aliphatic carbocycles. The Morgan fingerprint density at radius 1 is 1.19 bits per heavy atom. The van der Waals surface area contributed by atoms with E-state index >= 15 is 0 Å². The third-order valence-electron chi connectivity index (χ3n) is 5.48. The lowest BCUT2D eigenvalue weighted by Gasteiger charge is -2.35. The highest BCUT2D eigenvalue weighted by Gasteiger charge is 2.27. The van der Waals surface area contributed by atoms with E-state index in [0.717, 1.165) is 24.8 Å². The topological polar surface area (TPSA) is 53.6 Å². The second kappa shape index (κ2) is 10.1. The van der Waals surface area contributed by atoms with Crippen LogP contribution >= 0.6 is 11.8 Å². The Balaban J connectivity index is 1.27. The van der Waals surface area contributed by atoms with E-state index in [2.05, 4.69) is 27.3 Å². The highest BCUT2D eigenvalue weighted by atomic mass is 32.2. The molecule has 3 rings (SSSR count). The highest BCUT2D eigenvalue weighted by Crippen LogP contribution is 2.26. The molecule has 2 aliphatic rings. The van der Waals surface area contributed by atoms with Crippen molar-refractivity contribution in [3.05, 3.63) is 29.8 Å². The number of nitrogens with one attached hydrogen (secondary N) is 2. The van der Waals surface area contributed by atoms with Gasteiger partial charge in [-0.3, -0.25) is 4.90 Å². The van der Waals surface area contributed by atoms with E-state index in [1.165, 1.54) is 49.4 Å². The number of rotatable bonds is 7. The van der Waals surface area contributed by atoms with Crippen molar-refractivity contribution in [1.29, 1.82) is 0 Å². The minimum atomic E-state index is -0.0480. The zero-order valence-corrected chi connectivity index (χ0v) is 16.5. The van der Waals surface area contributed by atoms with Crippen LogP contribution in [0.4, 0.5) is 4.79 Å². The summed E-state index contributed by atoms with van der Waals surface area (Å²) in [6, 6.07) is 8.73. The first-order chi connectivity index (χ1) is 12.7. The molecule has 2 amide bonds. The second-order valence-electron chi connectivity index (χ2n) is 7.23. The van der Waals surface area contributed by atoms with E-state index in [-0.39, 0.29) is 6.03 Å². The van der Waals surface area contributed by atoms with E-state index in [1.54, 1.807) is 7.11 Å². The minimum absolute atomic E-state index is 0.0480. The number of likely N-dealkylation sites (tertiary alicyclic amines) is 1. The normalized spacial score (nSPS) is 21.5. The molecule has 144 valence electrons. The lowest BCUT2D eigenvalue weighted by Crippen LogP contribution is -2.45. The number of benzene rings is 1. The van der Waals surface area contributed by atoms with Gasteiger partial charge in [0.2, 0.25) is 0 Å². The van der Waals surface area contributed by atoms with Gasteiger partial charge < -0.3 is 15.4 Å². The Morgan fingerprint density at radius 3 is 2.62 bits per heavy atom. The summed E-state index contributed by atoms with van der Waals surface area (Å²) >= 11 is 2.09. The average Bonchev–Trinajstić information content (AvgIpc) is 3.22. The predicted octanol–water partition coefficient (Wildman–Crippen LogP) is 2.75. The molecule has 0 aromatic heterocycles. The molecule has 0 saturated carbocycles. The lowest BCUT2D eigenvalue weighted by atomic mass is 9.95. The maximum atomic E-state index is 12.0. The Labute approximate surface area is 161 Å². The molecule has 0 spiro atoms. The third kappa shape index (κ3) is 5.81. The van der Waals surface area contributed by atoms with Crippen LogP contribution in [0.5, 0.6) is 5.75 Å². The Kier molecular flexibility index (Phi) is 7.50. The monoisotopic (exact) mass is 377 g/mol. The molecular weight excluding hydrogens is 346 g/mol. The van der Waals surface area contributed by atoms with Crippen LogP contribution in [-0.2, 0) is 6.42 Å². The quantitative estimate of drug-likeness (QED) is 0.767. The van der Waals surface area contributed by atoms with Crippen LogP contribution in [0.3, 0.4) is 0 Å². The highest BCUT2D eigenvalue weighted by molar-refractivity contribution is 7.99. The Bertz CT molecular complexity index is 553. The van der Waals surface area contributed by atoms with Crippen LogP contribution in [0.25, 0.3) is 0 Å². The van der Waals surface area contributed by atoms with Crippen molar-refractivity contribution in [2.45, 2.75) is 31.7 Å². The lowest BCUT2D eigenvalue weighted by molar-refractivity contribution is 0.143. The van der Waals surface area contributed by atoms with Gasteiger partial charge >= 0.3 is 6.03 Å². The van der Waals surface area contributed by atoms with Crippen LogP contribution in [0.2, 0.25) is 0 Å². The number of methoxy groups -OCH3 is 1. The summed E-state index contributed by atoms with van der Waals surface area (Å²) in [5.74, 6) is 4.10. The maximum Gasteiger partial charge on any atom is 0.314 e. The molecule has 1 unspecified atom stereocenters. The predicted molar refractivity (Wildman–Crippen MR) is 108 cm³/mol. The first kappa shape index (κ1) is 19.4. The number of urea groups is 1. The largest absolute Gasteiger partial charge is 0.497 e. The van der Waals surface area contributed by atoms with Crippen molar-refractivity contribution < 1.29 is 9.53 Å². The van der Waals surface area contributed by atoms with E-state index in [1.807, 2.05) is 24.3 Å². The second-order valence-corrected chi connectivity index (χ2v) is 8.38. The van der Waals surface area contributed by atoms with Gasteiger partial charge in [0.25, 0.3) is 0 Å². The van der Waals surface area contributed by atoms with Crippen LogP contribution < -0.4 is 15.4 Å². The summed E-state index contributed by atoms with van der Waals surface area (Å²) in [7, 11) is 1.67. The van der Waals surface area contributed by atoms with Crippen molar-refractivity contribution in [2.24, 2.45) is 5.92 Å². The van der Waals surface area contributed by atoms with Crippen molar-refractivity contribution in [1.82, 2.24) is 15.5 Å². The molecule has 2 N–H and O–H groups in total. The Hall–Kier alpha value is -1.40. The fraction of sp³-hybridized carbons (Fsp3) is 0.650.